The van der Waals surface area contributed by atoms with E-state index in [1.807, 2.05) is 11.0 Å². The van der Waals surface area contributed by atoms with Gasteiger partial charge >= 0.3 is 0 Å². The van der Waals surface area contributed by atoms with E-state index in [2.05, 4.69) is 66.3 Å². The zero-order valence-electron chi connectivity index (χ0n) is 15.8. The van der Waals surface area contributed by atoms with E-state index in [1.165, 1.54) is 22.0 Å². The minimum Gasteiger partial charge on any atom is -0.378 e. The molecule has 0 N–H and O–H groups in total. The van der Waals surface area contributed by atoms with Crippen molar-refractivity contribution in [3.63, 3.8) is 0 Å². The summed E-state index contributed by atoms with van der Waals surface area (Å²) in [6.07, 6.45) is 3.60. The summed E-state index contributed by atoms with van der Waals surface area (Å²) in [4.78, 5) is 14.9. The van der Waals surface area contributed by atoms with E-state index >= 15 is 0 Å². The molecule has 3 aromatic rings. The molecule has 0 radical (unpaired) electrons. The Morgan fingerprint density at radius 3 is 2.52 bits per heavy atom. The molecule has 1 unspecified atom stereocenters. The average Bonchev–Trinajstić information content (AvgIpc) is 3.06. The maximum Gasteiger partial charge on any atom is 0.223 e. The van der Waals surface area contributed by atoms with Crippen LogP contribution in [0.5, 0.6) is 0 Å². The van der Waals surface area contributed by atoms with Crippen molar-refractivity contribution in [3.8, 4) is 0 Å². The smallest absolute Gasteiger partial charge is 0.223 e. The highest BCUT2D eigenvalue weighted by atomic mass is 16.5. The van der Waals surface area contributed by atoms with E-state index in [4.69, 9.17) is 4.74 Å². The molecule has 0 spiro atoms. The fraction of sp³-hybridized carbons (Fsp3) is 0.348. The number of ether oxygens (including phenoxy) is 1. The van der Waals surface area contributed by atoms with E-state index in [9.17, 15) is 4.79 Å². The Hall–Kier alpha value is -2.59. The third-order valence-corrected chi connectivity index (χ3v) is 5.48. The summed E-state index contributed by atoms with van der Waals surface area (Å²) in [5.74, 6) is 0.390. The van der Waals surface area contributed by atoms with Gasteiger partial charge in [0, 0.05) is 43.7 Å². The van der Waals surface area contributed by atoms with E-state index in [1.54, 1.807) is 0 Å². The number of benzene rings is 2. The summed E-state index contributed by atoms with van der Waals surface area (Å²) in [7, 11) is 2.08. The number of fused-ring (bicyclic) bond motifs is 1. The summed E-state index contributed by atoms with van der Waals surface area (Å²) < 4.78 is 7.57. The van der Waals surface area contributed by atoms with Gasteiger partial charge < -0.3 is 14.2 Å². The number of aromatic nitrogens is 1. The van der Waals surface area contributed by atoms with Crippen molar-refractivity contribution in [2.24, 2.45) is 7.05 Å². The molecule has 2 heterocycles. The first-order valence-corrected chi connectivity index (χ1v) is 9.66. The second-order valence-corrected chi connectivity index (χ2v) is 7.30. The van der Waals surface area contributed by atoms with E-state index < -0.39 is 0 Å². The van der Waals surface area contributed by atoms with Crippen molar-refractivity contribution in [3.05, 3.63) is 71.9 Å². The fourth-order valence-corrected chi connectivity index (χ4v) is 4.04. The lowest BCUT2D eigenvalue weighted by Gasteiger charge is -2.28. The molecule has 1 aliphatic heterocycles. The van der Waals surface area contributed by atoms with Crippen LogP contribution in [0.15, 0.2) is 60.8 Å². The standard InChI is InChI=1S/C23H26N2O2/c1-24-17-21(20-9-5-6-10-22(20)24)19(15-18-7-3-2-4-8-18)16-23(26)25-11-13-27-14-12-25/h2-10,17,19H,11-16H2,1H3. The van der Waals surface area contributed by atoms with Gasteiger partial charge in [-0.05, 0) is 29.5 Å². The molecule has 0 bridgehead atoms. The first kappa shape index (κ1) is 17.8. The first-order chi connectivity index (χ1) is 13.2. The van der Waals surface area contributed by atoms with Gasteiger partial charge in [0.1, 0.15) is 0 Å². The van der Waals surface area contributed by atoms with Crippen LogP contribution in [-0.4, -0.2) is 41.7 Å². The largest absolute Gasteiger partial charge is 0.378 e. The van der Waals surface area contributed by atoms with Gasteiger partial charge in [0.2, 0.25) is 5.91 Å². The second-order valence-electron chi connectivity index (χ2n) is 7.30. The zero-order chi connectivity index (χ0) is 18.6. The van der Waals surface area contributed by atoms with Crippen LogP contribution >= 0.6 is 0 Å². The molecule has 1 amide bonds. The van der Waals surface area contributed by atoms with Crippen molar-refractivity contribution in [2.75, 3.05) is 26.3 Å². The number of carbonyl (C=O) groups excluding carboxylic acids is 1. The zero-order valence-corrected chi connectivity index (χ0v) is 15.8. The van der Waals surface area contributed by atoms with Gasteiger partial charge in [-0.25, -0.2) is 0 Å². The van der Waals surface area contributed by atoms with Crippen molar-refractivity contribution >= 4 is 16.8 Å². The van der Waals surface area contributed by atoms with Crippen LogP contribution < -0.4 is 0 Å². The number of para-hydroxylation sites is 1. The Kier molecular flexibility index (Phi) is 5.26. The van der Waals surface area contributed by atoms with Crippen LogP contribution in [0.3, 0.4) is 0 Å². The predicted octanol–water partition coefficient (Wildman–Crippen LogP) is 3.75. The van der Waals surface area contributed by atoms with Crippen LogP contribution in [0.2, 0.25) is 0 Å². The SMILES string of the molecule is Cn1cc(C(CC(=O)N2CCOCC2)Cc2ccccc2)c2ccccc21. The van der Waals surface area contributed by atoms with Crippen LogP contribution in [-0.2, 0) is 23.0 Å². The molecule has 1 aliphatic rings. The summed E-state index contributed by atoms with van der Waals surface area (Å²) in [5.41, 5.74) is 3.74. The number of carbonyl (C=O) groups is 1. The summed E-state index contributed by atoms with van der Waals surface area (Å²) in [6.45, 7) is 2.69. The number of nitrogens with zero attached hydrogens (tertiary/aromatic N) is 2. The lowest BCUT2D eigenvalue weighted by Crippen LogP contribution is -2.41. The maximum atomic E-state index is 13.0. The van der Waals surface area contributed by atoms with Gasteiger partial charge in [-0.15, -0.1) is 0 Å². The number of morpholine rings is 1. The highest BCUT2D eigenvalue weighted by molar-refractivity contribution is 5.86. The number of aryl methyl sites for hydroxylation is 1. The van der Waals surface area contributed by atoms with Crippen molar-refractivity contribution < 1.29 is 9.53 Å². The van der Waals surface area contributed by atoms with Gasteiger partial charge in [-0.3, -0.25) is 4.79 Å². The third-order valence-electron chi connectivity index (χ3n) is 5.48. The Morgan fingerprint density at radius 1 is 1.04 bits per heavy atom. The molecular formula is C23H26N2O2. The summed E-state index contributed by atoms with van der Waals surface area (Å²) in [6, 6.07) is 18.9. The molecule has 140 valence electrons. The van der Waals surface area contributed by atoms with Gasteiger partial charge in [-0.1, -0.05) is 48.5 Å². The molecule has 1 fully saturated rings. The van der Waals surface area contributed by atoms with Crippen LogP contribution in [0.4, 0.5) is 0 Å². The highest BCUT2D eigenvalue weighted by Gasteiger charge is 2.24. The monoisotopic (exact) mass is 362 g/mol. The molecule has 4 rings (SSSR count). The van der Waals surface area contributed by atoms with Crippen LogP contribution in [0.1, 0.15) is 23.5 Å². The maximum absolute atomic E-state index is 13.0. The molecule has 4 heteroatoms. The number of amides is 1. The molecule has 1 saturated heterocycles. The van der Waals surface area contributed by atoms with E-state index in [0.717, 1.165) is 6.42 Å². The van der Waals surface area contributed by atoms with Gasteiger partial charge in [-0.2, -0.15) is 0 Å². The molecule has 1 aromatic heterocycles. The van der Waals surface area contributed by atoms with E-state index in [0.29, 0.717) is 32.7 Å². The molecule has 27 heavy (non-hydrogen) atoms. The molecular weight excluding hydrogens is 336 g/mol. The van der Waals surface area contributed by atoms with E-state index in [-0.39, 0.29) is 11.8 Å². The van der Waals surface area contributed by atoms with Gasteiger partial charge in [0.05, 0.1) is 13.2 Å². The van der Waals surface area contributed by atoms with Crippen molar-refractivity contribution in [1.29, 1.82) is 0 Å². The second kappa shape index (κ2) is 7.97. The van der Waals surface area contributed by atoms with Crippen molar-refractivity contribution in [1.82, 2.24) is 9.47 Å². The fourth-order valence-electron chi connectivity index (χ4n) is 4.04. The predicted molar refractivity (Wildman–Crippen MR) is 108 cm³/mol. The van der Waals surface area contributed by atoms with Crippen LogP contribution in [0.25, 0.3) is 10.9 Å². The lowest BCUT2D eigenvalue weighted by molar-refractivity contribution is -0.135. The van der Waals surface area contributed by atoms with Gasteiger partial charge in [0.25, 0.3) is 0 Å². The minimum atomic E-state index is 0.161. The Morgan fingerprint density at radius 2 is 1.74 bits per heavy atom. The molecule has 1 atom stereocenters. The summed E-state index contributed by atoms with van der Waals surface area (Å²) >= 11 is 0. The average molecular weight is 362 g/mol. The number of hydrogen-bond acceptors (Lipinski definition) is 2. The topological polar surface area (TPSA) is 34.5 Å². The van der Waals surface area contributed by atoms with Crippen LogP contribution in [0, 0.1) is 0 Å². The Labute approximate surface area is 160 Å². The molecule has 2 aromatic carbocycles. The normalized spacial score (nSPS) is 15.8. The Bertz CT molecular complexity index is 911. The molecule has 0 saturated carbocycles. The third kappa shape index (κ3) is 3.91. The minimum absolute atomic E-state index is 0.161. The first-order valence-electron chi connectivity index (χ1n) is 9.66. The van der Waals surface area contributed by atoms with Gasteiger partial charge in [0.15, 0.2) is 0 Å². The highest BCUT2D eigenvalue weighted by Crippen LogP contribution is 2.32. The van der Waals surface area contributed by atoms with Crippen molar-refractivity contribution in [2.45, 2.75) is 18.8 Å². The quantitative estimate of drug-likeness (QED) is 0.693. The lowest BCUT2D eigenvalue weighted by atomic mass is 9.88. The number of rotatable bonds is 5. The summed E-state index contributed by atoms with van der Waals surface area (Å²) in [5, 5.41) is 1.25. The molecule has 0 aliphatic carbocycles. The molecule has 4 nitrogen and oxygen atoms in total. The Balaban J connectivity index is 1.65. The number of hydrogen-bond donors (Lipinski definition) is 0.